The maximum atomic E-state index is 13.4. The number of hydrogen-bond donors (Lipinski definition) is 1. The molecule has 2 aromatic rings. The Morgan fingerprint density at radius 1 is 1.19 bits per heavy atom. The van der Waals surface area contributed by atoms with Crippen LogP contribution in [0.25, 0.3) is 0 Å². The Labute approximate surface area is 126 Å². The molecule has 0 aliphatic carbocycles. The van der Waals surface area contributed by atoms with Crippen molar-refractivity contribution in [2.45, 2.75) is 12.5 Å². The fourth-order valence-corrected chi connectivity index (χ4v) is 2.48. The third kappa shape index (κ3) is 2.96. The molecule has 2 aromatic carbocycles. The molecule has 3 rings (SSSR count). The largest absolute Gasteiger partial charge is 0.486 e. The lowest BCUT2D eigenvalue weighted by atomic mass is 10.00. The summed E-state index contributed by atoms with van der Waals surface area (Å²) in [6.07, 6.45) is -0.532. The minimum atomic E-state index is -0.803. The van der Waals surface area contributed by atoms with Crippen LogP contribution < -0.4 is 9.47 Å². The highest BCUT2D eigenvalue weighted by molar-refractivity contribution is 6.30. The van der Waals surface area contributed by atoms with Gasteiger partial charge in [-0.1, -0.05) is 29.8 Å². The first kappa shape index (κ1) is 14.2. The lowest BCUT2D eigenvalue weighted by Gasteiger charge is -2.23. The Morgan fingerprint density at radius 2 is 2.00 bits per heavy atom. The van der Waals surface area contributed by atoms with Gasteiger partial charge in [-0.05, 0) is 23.8 Å². The van der Waals surface area contributed by atoms with Crippen molar-refractivity contribution < 1.29 is 19.0 Å². The first-order valence-electron chi connectivity index (χ1n) is 6.65. The third-order valence-electron chi connectivity index (χ3n) is 3.37. The molecule has 0 spiro atoms. The van der Waals surface area contributed by atoms with E-state index in [0.717, 1.165) is 0 Å². The topological polar surface area (TPSA) is 38.7 Å². The number of fused-ring (bicyclic) bond motifs is 1. The van der Waals surface area contributed by atoms with E-state index < -0.39 is 11.9 Å². The van der Waals surface area contributed by atoms with E-state index in [1.54, 1.807) is 24.3 Å². The van der Waals surface area contributed by atoms with E-state index in [1.165, 1.54) is 12.1 Å². The molecule has 110 valence electrons. The van der Waals surface area contributed by atoms with Crippen LogP contribution in [0.2, 0.25) is 5.02 Å². The summed E-state index contributed by atoms with van der Waals surface area (Å²) in [5, 5.41) is 10.5. The lowest BCUT2D eigenvalue weighted by Crippen LogP contribution is -2.17. The summed E-state index contributed by atoms with van der Waals surface area (Å²) in [5.74, 6) is 0.696. The molecule has 0 aromatic heterocycles. The molecule has 1 aliphatic heterocycles. The summed E-state index contributed by atoms with van der Waals surface area (Å²) in [5.41, 5.74) is 1.31. The van der Waals surface area contributed by atoms with Gasteiger partial charge in [-0.3, -0.25) is 0 Å². The van der Waals surface area contributed by atoms with Crippen LogP contribution in [-0.2, 0) is 6.42 Å². The summed E-state index contributed by atoms with van der Waals surface area (Å²) >= 11 is 5.66. The number of para-hydroxylation sites is 1. The van der Waals surface area contributed by atoms with Crippen LogP contribution in [0.15, 0.2) is 36.4 Å². The van der Waals surface area contributed by atoms with Crippen LogP contribution in [0.4, 0.5) is 4.39 Å². The van der Waals surface area contributed by atoms with E-state index in [0.29, 0.717) is 35.8 Å². The number of aliphatic hydroxyl groups excluding tert-OH is 1. The third-order valence-corrected chi connectivity index (χ3v) is 3.68. The average Bonchev–Trinajstić information content (AvgIpc) is 2.50. The predicted octanol–water partition coefficient (Wildman–Crippen LogP) is 3.53. The zero-order chi connectivity index (χ0) is 14.8. The second-order valence-electron chi connectivity index (χ2n) is 4.84. The van der Waals surface area contributed by atoms with E-state index in [4.69, 9.17) is 21.1 Å². The summed E-state index contributed by atoms with van der Waals surface area (Å²) in [4.78, 5) is 0. The average molecular weight is 309 g/mol. The number of benzene rings is 2. The molecule has 0 fully saturated rings. The van der Waals surface area contributed by atoms with Crippen molar-refractivity contribution in [3.63, 3.8) is 0 Å². The first-order valence-corrected chi connectivity index (χ1v) is 7.03. The molecule has 21 heavy (non-hydrogen) atoms. The highest BCUT2D eigenvalue weighted by Gasteiger charge is 2.21. The van der Waals surface area contributed by atoms with Crippen molar-refractivity contribution in [2.75, 3.05) is 13.2 Å². The Hall–Kier alpha value is -1.78. The Balaban J connectivity index is 1.85. The normalized spacial score (nSPS) is 14.8. The minimum absolute atomic E-state index is 0.0714. The van der Waals surface area contributed by atoms with Gasteiger partial charge in [-0.15, -0.1) is 0 Å². The van der Waals surface area contributed by atoms with Gasteiger partial charge >= 0.3 is 0 Å². The fraction of sp³-hybridized carbons (Fsp3) is 0.250. The van der Waals surface area contributed by atoms with Crippen LogP contribution in [0.5, 0.6) is 11.5 Å². The van der Waals surface area contributed by atoms with Crippen LogP contribution >= 0.6 is 11.6 Å². The van der Waals surface area contributed by atoms with Gasteiger partial charge in [0.25, 0.3) is 0 Å². The molecule has 0 saturated carbocycles. The number of hydrogen-bond acceptors (Lipinski definition) is 3. The van der Waals surface area contributed by atoms with Gasteiger partial charge in [0.2, 0.25) is 0 Å². The van der Waals surface area contributed by atoms with E-state index in [9.17, 15) is 9.50 Å². The van der Waals surface area contributed by atoms with Gasteiger partial charge in [0.05, 0.1) is 11.1 Å². The summed E-state index contributed by atoms with van der Waals surface area (Å²) in [7, 11) is 0. The molecular formula is C16H14ClFO3. The highest BCUT2D eigenvalue weighted by atomic mass is 35.5. The Morgan fingerprint density at radius 3 is 2.81 bits per heavy atom. The molecule has 5 heteroatoms. The van der Waals surface area contributed by atoms with Crippen LogP contribution in [0, 0.1) is 5.82 Å². The lowest BCUT2D eigenvalue weighted by molar-refractivity contribution is 0.146. The molecule has 1 N–H and O–H groups in total. The van der Waals surface area contributed by atoms with E-state index in [-0.39, 0.29) is 11.4 Å². The highest BCUT2D eigenvalue weighted by Crippen LogP contribution is 2.37. The molecule has 1 unspecified atom stereocenters. The number of rotatable bonds is 3. The summed E-state index contributed by atoms with van der Waals surface area (Å²) in [6, 6.07) is 9.89. The van der Waals surface area contributed by atoms with Gasteiger partial charge < -0.3 is 14.6 Å². The Bertz CT molecular complexity index is 660. The maximum Gasteiger partial charge on any atom is 0.167 e. The molecule has 1 aliphatic rings. The van der Waals surface area contributed by atoms with Gasteiger partial charge in [-0.25, -0.2) is 4.39 Å². The van der Waals surface area contributed by atoms with Crippen molar-refractivity contribution in [3.8, 4) is 11.5 Å². The maximum absolute atomic E-state index is 13.4. The van der Waals surface area contributed by atoms with E-state index >= 15 is 0 Å². The van der Waals surface area contributed by atoms with Gasteiger partial charge in [0, 0.05) is 12.0 Å². The standard InChI is InChI=1S/C16H14ClFO3/c17-12-5-4-10(8-13(12)18)9-14(19)11-2-1-3-15-16(11)21-7-6-20-15/h1-5,8,14,19H,6-7,9H2. The SMILES string of the molecule is OC(Cc1ccc(Cl)c(F)c1)c1cccc2c1OCCO2. The molecular weight excluding hydrogens is 295 g/mol. The van der Waals surface area contributed by atoms with Crippen molar-refractivity contribution in [1.82, 2.24) is 0 Å². The number of ether oxygens (including phenoxy) is 2. The second-order valence-corrected chi connectivity index (χ2v) is 5.25. The smallest absolute Gasteiger partial charge is 0.167 e. The zero-order valence-corrected chi connectivity index (χ0v) is 11.9. The summed E-state index contributed by atoms with van der Waals surface area (Å²) in [6.45, 7) is 0.946. The first-order chi connectivity index (χ1) is 10.1. The van der Waals surface area contributed by atoms with Crippen molar-refractivity contribution in [3.05, 3.63) is 58.4 Å². The molecule has 1 atom stereocenters. The molecule has 0 amide bonds. The predicted molar refractivity (Wildman–Crippen MR) is 77.5 cm³/mol. The molecule has 0 radical (unpaired) electrons. The molecule has 0 bridgehead atoms. The van der Waals surface area contributed by atoms with Crippen LogP contribution in [-0.4, -0.2) is 18.3 Å². The van der Waals surface area contributed by atoms with Gasteiger partial charge in [-0.2, -0.15) is 0 Å². The van der Waals surface area contributed by atoms with Crippen molar-refractivity contribution in [2.24, 2.45) is 0 Å². The van der Waals surface area contributed by atoms with Crippen LogP contribution in [0.3, 0.4) is 0 Å². The monoisotopic (exact) mass is 308 g/mol. The molecule has 1 heterocycles. The van der Waals surface area contributed by atoms with Crippen molar-refractivity contribution in [1.29, 1.82) is 0 Å². The second kappa shape index (κ2) is 5.92. The van der Waals surface area contributed by atoms with E-state index in [1.807, 2.05) is 0 Å². The van der Waals surface area contributed by atoms with Gasteiger partial charge in [0.1, 0.15) is 19.0 Å². The van der Waals surface area contributed by atoms with E-state index in [2.05, 4.69) is 0 Å². The zero-order valence-electron chi connectivity index (χ0n) is 11.2. The number of aliphatic hydroxyl groups is 1. The summed E-state index contributed by atoms with van der Waals surface area (Å²) < 4.78 is 24.5. The van der Waals surface area contributed by atoms with Gasteiger partial charge in [0.15, 0.2) is 11.5 Å². The van der Waals surface area contributed by atoms with Crippen LogP contribution in [0.1, 0.15) is 17.2 Å². The fourth-order valence-electron chi connectivity index (χ4n) is 2.36. The molecule has 0 saturated heterocycles. The molecule has 3 nitrogen and oxygen atoms in total. The number of halogens is 2. The Kier molecular flexibility index (Phi) is 3.99. The van der Waals surface area contributed by atoms with Crippen molar-refractivity contribution >= 4 is 11.6 Å². The minimum Gasteiger partial charge on any atom is -0.486 e. The quantitative estimate of drug-likeness (QED) is 0.943.